The van der Waals surface area contributed by atoms with Crippen molar-refractivity contribution in [3.05, 3.63) is 59.6 Å². The molecule has 1 aromatic carbocycles. The van der Waals surface area contributed by atoms with Crippen LogP contribution in [-0.4, -0.2) is 66.1 Å². The van der Waals surface area contributed by atoms with Crippen LogP contribution in [0.25, 0.3) is 21.6 Å². The molecular formula is C42H60N4O6S. The van der Waals surface area contributed by atoms with Gasteiger partial charge < -0.3 is 24.8 Å². The van der Waals surface area contributed by atoms with Gasteiger partial charge in [-0.05, 0) is 96.1 Å². The Kier molecular flexibility index (Phi) is 14.2. The number of rotatable bonds is 16. The Labute approximate surface area is 320 Å². The highest BCUT2D eigenvalue weighted by atomic mass is 32.1. The number of methoxy groups -OCH3 is 1. The maximum atomic E-state index is 13.5. The Bertz CT molecular complexity index is 1810. The Hall–Kier alpha value is -4.25. The maximum absolute atomic E-state index is 13.5. The first-order chi connectivity index (χ1) is 25.1. The number of amides is 2. The van der Waals surface area contributed by atoms with E-state index in [4.69, 9.17) is 29.9 Å². The maximum Gasteiger partial charge on any atom is 0.312 e. The van der Waals surface area contributed by atoms with Gasteiger partial charge in [-0.25, -0.2) is 9.97 Å². The zero-order valence-corrected chi connectivity index (χ0v) is 33.6. The van der Waals surface area contributed by atoms with E-state index in [1.165, 1.54) is 0 Å². The summed E-state index contributed by atoms with van der Waals surface area (Å²) in [6, 6.07) is 5.83. The Morgan fingerprint density at radius 2 is 1.92 bits per heavy atom. The minimum Gasteiger partial charge on any atom is -0.496 e. The number of hydrogen-bond acceptors (Lipinski definition) is 9. The van der Waals surface area contributed by atoms with Gasteiger partial charge in [0, 0.05) is 49.8 Å². The highest BCUT2D eigenvalue weighted by Gasteiger charge is 2.57. The molecule has 2 aliphatic carbocycles. The molecule has 0 unspecified atom stereocenters. The fraction of sp³-hybridized carbons (Fsp3) is 0.548. The number of nitrogens with two attached hydrogens (primary N) is 1. The lowest BCUT2D eigenvalue weighted by molar-refractivity contribution is -0.149. The van der Waals surface area contributed by atoms with E-state index < -0.39 is 5.91 Å². The van der Waals surface area contributed by atoms with Crippen molar-refractivity contribution in [3.63, 3.8) is 0 Å². The molecule has 0 radical (unpaired) electrons. The molecule has 0 spiro atoms. The van der Waals surface area contributed by atoms with Crippen LogP contribution in [0.1, 0.15) is 98.2 Å². The monoisotopic (exact) mass is 748 g/mol. The minimum atomic E-state index is -0.397. The molecule has 2 saturated carbocycles. The molecule has 2 amide bonds. The van der Waals surface area contributed by atoms with Crippen LogP contribution in [0.3, 0.4) is 0 Å². The lowest BCUT2D eigenvalue weighted by Crippen LogP contribution is -2.36. The quantitative estimate of drug-likeness (QED) is 0.0874. The molecule has 5 atom stereocenters. The van der Waals surface area contributed by atoms with Crippen LogP contribution in [0.5, 0.6) is 11.5 Å². The highest BCUT2D eigenvalue weighted by Crippen LogP contribution is 2.56. The first-order valence-electron chi connectivity index (χ1n) is 18.7. The SMILES string of the molecule is C=C(C)[C@@H]1C[C@]1(C)C(=O)OCC.C=CCCCCN(C)C(=O)[C@@H]1C[C@H](Oc2cc(-c3nc(C(C)C)cs3)nc3c(C)c(OC)ccc23)C[C@H]1CC(N)=O.[HH]. The van der Waals surface area contributed by atoms with E-state index in [0.29, 0.717) is 43.6 Å². The van der Waals surface area contributed by atoms with E-state index in [1.54, 1.807) is 23.3 Å². The third-order valence-corrected chi connectivity index (χ3v) is 11.4. The second kappa shape index (κ2) is 18.2. The summed E-state index contributed by atoms with van der Waals surface area (Å²) in [6.07, 6.45) is 6.64. The van der Waals surface area contributed by atoms with E-state index in [2.05, 4.69) is 32.4 Å². The van der Waals surface area contributed by atoms with Crippen LogP contribution < -0.4 is 15.2 Å². The van der Waals surface area contributed by atoms with Crippen LogP contribution in [0.2, 0.25) is 0 Å². The number of ether oxygens (including phenoxy) is 3. The Morgan fingerprint density at radius 1 is 1.19 bits per heavy atom. The molecule has 0 aliphatic heterocycles. The van der Waals surface area contributed by atoms with Crippen LogP contribution in [-0.2, 0) is 19.1 Å². The summed E-state index contributed by atoms with van der Waals surface area (Å²) in [7, 11) is 3.49. The average Bonchev–Trinajstić information content (AvgIpc) is 3.39. The standard InChI is InChI=1S/C32H42N4O4S.C10H16O2.H2/c1-7-8-9-10-13-36(5)32(38)24-16-22(14-21(24)15-29(33)37)40-28-17-25(31-35-26(18-41-31)19(2)3)34-30-20(4)27(39-6)12-11-23(28)30;1-5-12-9(11)10(4)6-8(10)7(2)3;/h7,11-12,17-19,21-22,24H,1,8-10,13-16H2,2-6H3,(H2,33,37);8H,2,5-6H2,1,3-4H3;1H/t21-,22+,24+;8-,10-;/m00./s1. The number of allylic oxidation sites excluding steroid dienone is 2. The Balaban J connectivity index is 0.000000514. The number of aryl methyl sites for hydroxylation is 1. The number of primary amides is 1. The fourth-order valence-corrected chi connectivity index (χ4v) is 8.19. The third kappa shape index (κ3) is 10.0. The predicted octanol–water partition coefficient (Wildman–Crippen LogP) is 8.66. The number of unbranched alkanes of at least 4 members (excludes halogenated alkanes) is 2. The smallest absolute Gasteiger partial charge is 0.312 e. The molecule has 2 aliphatic rings. The summed E-state index contributed by atoms with van der Waals surface area (Å²) < 4.78 is 17.2. The molecule has 11 heteroatoms. The van der Waals surface area contributed by atoms with Gasteiger partial charge in [-0.3, -0.25) is 14.4 Å². The van der Waals surface area contributed by atoms with Gasteiger partial charge in [0.05, 0.1) is 36.4 Å². The van der Waals surface area contributed by atoms with Crippen LogP contribution in [0.4, 0.5) is 0 Å². The molecule has 2 heterocycles. The van der Waals surface area contributed by atoms with Gasteiger partial charge >= 0.3 is 5.97 Å². The summed E-state index contributed by atoms with van der Waals surface area (Å²) >= 11 is 1.56. The Morgan fingerprint density at radius 3 is 2.51 bits per heavy atom. The normalized spacial score (nSPS) is 21.8. The summed E-state index contributed by atoms with van der Waals surface area (Å²) in [5, 5.41) is 3.76. The van der Waals surface area contributed by atoms with Gasteiger partial charge in [-0.1, -0.05) is 32.1 Å². The number of esters is 1. The van der Waals surface area contributed by atoms with Crippen molar-refractivity contribution < 1.29 is 30.0 Å². The zero-order chi connectivity index (χ0) is 39.0. The number of carbonyl (C=O) groups is 3. The van der Waals surface area contributed by atoms with Gasteiger partial charge in [0.2, 0.25) is 11.8 Å². The van der Waals surface area contributed by atoms with E-state index in [1.807, 2.05) is 59.0 Å². The van der Waals surface area contributed by atoms with E-state index >= 15 is 0 Å². The molecule has 53 heavy (non-hydrogen) atoms. The lowest BCUT2D eigenvalue weighted by atomic mass is 9.91. The molecule has 3 aromatic rings. The van der Waals surface area contributed by atoms with Crippen molar-refractivity contribution in [1.29, 1.82) is 0 Å². The number of nitrogens with zero attached hydrogens (tertiary/aromatic N) is 3. The van der Waals surface area contributed by atoms with Crippen LogP contribution >= 0.6 is 11.3 Å². The molecule has 5 rings (SSSR count). The van der Waals surface area contributed by atoms with Gasteiger partial charge in [-0.2, -0.15) is 0 Å². The molecule has 0 saturated heterocycles. The fourth-order valence-electron chi connectivity index (χ4n) is 7.25. The van der Waals surface area contributed by atoms with E-state index in [0.717, 1.165) is 69.9 Å². The predicted molar refractivity (Wildman–Crippen MR) is 214 cm³/mol. The van der Waals surface area contributed by atoms with Crippen molar-refractivity contribution in [2.24, 2.45) is 28.9 Å². The number of benzene rings is 1. The average molecular weight is 749 g/mol. The number of fused-ring (bicyclic) bond motifs is 1. The van der Waals surface area contributed by atoms with Crippen molar-refractivity contribution in [2.45, 2.75) is 98.5 Å². The molecule has 290 valence electrons. The zero-order valence-electron chi connectivity index (χ0n) is 32.8. The van der Waals surface area contributed by atoms with Crippen LogP contribution in [0.15, 0.2) is 48.4 Å². The molecule has 10 nitrogen and oxygen atoms in total. The number of carbonyl (C=O) groups excluding carboxylic acids is 3. The van der Waals surface area contributed by atoms with Crippen molar-refractivity contribution >= 4 is 40.0 Å². The van der Waals surface area contributed by atoms with Crippen molar-refractivity contribution in [1.82, 2.24) is 14.9 Å². The summed E-state index contributed by atoms with van der Waals surface area (Å²) in [6.45, 7) is 20.7. The molecule has 0 bridgehead atoms. The highest BCUT2D eigenvalue weighted by molar-refractivity contribution is 7.13. The topological polar surface area (TPSA) is 134 Å². The van der Waals surface area contributed by atoms with Crippen molar-refractivity contribution in [3.8, 4) is 22.2 Å². The summed E-state index contributed by atoms with van der Waals surface area (Å²) in [4.78, 5) is 48.4. The van der Waals surface area contributed by atoms with E-state index in [9.17, 15) is 14.4 Å². The number of thiazole rings is 1. The second-order valence-corrected chi connectivity index (χ2v) is 15.9. The summed E-state index contributed by atoms with van der Waals surface area (Å²) in [5.41, 5.74) is 9.90. The number of hydrogen-bond donors (Lipinski definition) is 1. The number of aromatic nitrogens is 2. The lowest BCUT2D eigenvalue weighted by Gasteiger charge is -2.24. The largest absolute Gasteiger partial charge is 0.496 e. The molecule has 2 aromatic heterocycles. The van der Waals surface area contributed by atoms with E-state index in [-0.39, 0.29) is 43.1 Å². The number of pyridine rings is 1. The first kappa shape index (κ1) is 41.5. The third-order valence-electron chi connectivity index (χ3n) is 10.5. The summed E-state index contributed by atoms with van der Waals surface area (Å²) in [5.74, 6) is 1.19. The molecule has 2 fully saturated rings. The first-order valence-corrected chi connectivity index (χ1v) is 19.6. The minimum absolute atomic E-state index is 0. The van der Waals surface area contributed by atoms with Gasteiger partial charge in [0.1, 0.15) is 22.2 Å². The molecular weight excluding hydrogens is 689 g/mol. The molecule has 2 N–H and O–H groups in total. The second-order valence-electron chi connectivity index (χ2n) is 15.1. The van der Waals surface area contributed by atoms with Crippen molar-refractivity contribution in [2.75, 3.05) is 27.3 Å². The van der Waals surface area contributed by atoms with Crippen LogP contribution in [0, 0.1) is 30.1 Å². The van der Waals surface area contributed by atoms with Gasteiger partial charge in [0.25, 0.3) is 0 Å². The van der Waals surface area contributed by atoms with Gasteiger partial charge in [0.15, 0.2) is 0 Å². The van der Waals surface area contributed by atoms with Gasteiger partial charge in [-0.15, -0.1) is 17.9 Å².